The van der Waals surface area contributed by atoms with Crippen LogP contribution in [0, 0.1) is 0 Å². The molecule has 0 radical (unpaired) electrons. The quantitative estimate of drug-likeness (QED) is 0.917. The SMILES string of the molecule is CNC1(C)CCN(Cc2cccc(C(F)(F)F)c2)CC1. The van der Waals surface area contributed by atoms with Gasteiger partial charge in [-0.1, -0.05) is 18.2 Å². The van der Waals surface area contributed by atoms with Gasteiger partial charge < -0.3 is 5.32 Å². The van der Waals surface area contributed by atoms with E-state index in [0.29, 0.717) is 6.54 Å². The van der Waals surface area contributed by atoms with Crippen LogP contribution in [-0.4, -0.2) is 30.6 Å². The maximum Gasteiger partial charge on any atom is 0.416 e. The van der Waals surface area contributed by atoms with Gasteiger partial charge in [0.1, 0.15) is 0 Å². The molecule has 1 N–H and O–H groups in total. The van der Waals surface area contributed by atoms with Crippen LogP contribution in [0.15, 0.2) is 24.3 Å². The van der Waals surface area contributed by atoms with E-state index in [1.807, 2.05) is 7.05 Å². The summed E-state index contributed by atoms with van der Waals surface area (Å²) in [6, 6.07) is 5.63. The van der Waals surface area contributed by atoms with Crippen molar-refractivity contribution in [2.45, 2.75) is 38.0 Å². The molecular formula is C15H21F3N2. The highest BCUT2D eigenvalue weighted by molar-refractivity contribution is 5.25. The van der Waals surface area contributed by atoms with Crippen LogP contribution in [0.4, 0.5) is 13.2 Å². The number of rotatable bonds is 3. The third-order valence-electron chi connectivity index (χ3n) is 4.22. The van der Waals surface area contributed by atoms with Crippen LogP contribution in [0.2, 0.25) is 0 Å². The van der Waals surface area contributed by atoms with Crippen LogP contribution < -0.4 is 5.32 Å². The number of halogens is 3. The first kappa shape index (κ1) is 15.3. The summed E-state index contributed by atoms with van der Waals surface area (Å²) in [5.41, 5.74) is 0.324. The number of alkyl halides is 3. The molecule has 0 unspecified atom stereocenters. The van der Waals surface area contributed by atoms with Crippen molar-refractivity contribution in [3.8, 4) is 0 Å². The zero-order chi connectivity index (χ0) is 14.8. The number of likely N-dealkylation sites (tertiary alicyclic amines) is 1. The molecule has 1 fully saturated rings. The first-order valence-corrected chi connectivity index (χ1v) is 6.90. The van der Waals surface area contributed by atoms with Gasteiger partial charge in [-0.05, 0) is 38.4 Å². The summed E-state index contributed by atoms with van der Waals surface area (Å²) < 4.78 is 38.0. The highest BCUT2D eigenvalue weighted by Gasteiger charge is 2.31. The first-order chi connectivity index (χ1) is 9.32. The van der Waals surface area contributed by atoms with Crippen LogP contribution in [0.1, 0.15) is 30.9 Å². The molecule has 2 nitrogen and oxygen atoms in total. The Morgan fingerprint density at radius 3 is 2.45 bits per heavy atom. The highest BCUT2D eigenvalue weighted by Crippen LogP contribution is 2.30. The maximum atomic E-state index is 12.7. The predicted octanol–water partition coefficient (Wildman–Crippen LogP) is 3.28. The summed E-state index contributed by atoms with van der Waals surface area (Å²) in [6.45, 7) is 4.60. The molecule has 0 spiro atoms. The largest absolute Gasteiger partial charge is 0.416 e. The number of hydrogen-bond acceptors (Lipinski definition) is 2. The highest BCUT2D eigenvalue weighted by atomic mass is 19.4. The van der Waals surface area contributed by atoms with Gasteiger partial charge in [-0.3, -0.25) is 4.90 Å². The molecule has 0 amide bonds. The second kappa shape index (κ2) is 5.74. The predicted molar refractivity (Wildman–Crippen MR) is 73.4 cm³/mol. The number of nitrogens with one attached hydrogen (secondary N) is 1. The molecule has 1 aromatic carbocycles. The van der Waals surface area contributed by atoms with Gasteiger partial charge in [0, 0.05) is 25.2 Å². The van der Waals surface area contributed by atoms with Crippen molar-refractivity contribution in [2.75, 3.05) is 20.1 Å². The lowest BCUT2D eigenvalue weighted by molar-refractivity contribution is -0.137. The minimum atomic E-state index is -4.26. The third kappa shape index (κ3) is 3.73. The summed E-state index contributed by atoms with van der Waals surface area (Å²) in [6.07, 6.45) is -2.23. The summed E-state index contributed by atoms with van der Waals surface area (Å²) in [5.74, 6) is 0. The van der Waals surface area contributed by atoms with E-state index >= 15 is 0 Å². The summed E-state index contributed by atoms with van der Waals surface area (Å²) in [5, 5.41) is 3.32. The number of nitrogens with zero attached hydrogens (tertiary/aromatic N) is 1. The van der Waals surface area contributed by atoms with Gasteiger partial charge in [-0.15, -0.1) is 0 Å². The fourth-order valence-electron chi connectivity index (χ4n) is 2.56. The van der Waals surface area contributed by atoms with Gasteiger partial charge >= 0.3 is 6.18 Å². The van der Waals surface area contributed by atoms with Crippen LogP contribution >= 0.6 is 0 Å². The van der Waals surface area contributed by atoms with Crippen LogP contribution in [0.3, 0.4) is 0 Å². The van der Waals surface area contributed by atoms with Crippen molar-refractivity contribution in [1.29, 1.82) is 0 Å². The van der Waals surface area contributed by atoms with Crippen LogP contribution in [0.25, 0.3) is 0 Å². The Kier molecular flexibility index (Phi) is 4.39. The first-order valence-electron chi connectivity index (χ1n) is 6.90. The summed E-state index contributed by atoms with van der Waals surface area (Å²) >= 11 is 0. The van der Waals surface area contributed by atoms with Crippen molar-refractivity contribution < 1.29 is 13.2 Å². The molecule has 2 rings (SSSR count). The monoisotopic (exact) mass is 286 g/mol. The number of piperidine rings is 1. The molecule has 0 bridgehead atoms. The van der Waals surface area contributed by atoms with Crippen molar-refractivity contribution in [2.24, 2.45) is 0 Å². The van der Waals surface area contributed by atoms with Crippen molar-refractivity contribution in [1.82, 2.24) is 10.2 Å². The average Bonchev–Trinajstić information content (AvgIpc) is 2.41. The molecule has 0 saturated carbocycles. The van der Waals surface area contributed by atoms with Gasteiger partial charge in [0.25, 0.3) is 0 Å². The van der Waals surface area contributed by atoms with Crippen molar-refractivity contribution in [3.05, 3.63) is 35.4 Å². The lowest BCUT2D eigenvalue weighted by Gasteiger charge is -2.39. The van der Waals surface area contributed by atoms with Gasteiger partial charge in [0.15, 0.2) is 0 Å². The molecule has 0 aliphatic carbocycles. The minimum absolute atomic E-state index is 0.157. The molecule has 1 aromatic rings. The van der Waals surface area contributed by atoms with E-state index in [-0.39, 0.29) is 5.54 Å². The number of benzene rings is 1. The Bertz CT molecular complexity index is 449. The van der Waals surface area contributed by atoms with E-state index in [0.717, 1.165) is 37.6 Å². The third-order valence-corrected chi connectivity index (χ3v) is 4.22. The normalized spacial score (nSPS) is 20.1. The molecule has 1 aliphatic rings. The summed E-state index contributed by atoms with van der Waals surface area (Å²) in [4.78, 5) is 2.22. The lowest BCUT2D eigenvalue weighted by Crippen LogP contribution is -2.49. The van der Waals surface area contributed by atoms with E-state index in [4.69, 9.17) is 0 Å². The van der Waals surface area contributed by atoms with Crippen molar-refractivity contribution in [3.63, 3.8) is 0 Å². The Morgan fingerprint density at radius 2 is 1.90 bits per heavy atom. The van der Waals surface area contributed by atoms with Gasteiger partial charge in [0.05, 0.1) is 5.56 Å². The van der Waals surface area contributed by atoms with Crippen molar-refractivity contribution >= 4 is 0 Å². The van der Waals surface area contributed by atoms with Crippen LogP contribution in [0.5, 0.6) is 0 Å². The molecule has 1 aliphatic heterocycles. The fraction of sp³-hybridized carbons (Fsp3) is 0.600. The number of hydrogen-bond donors (Lipinski definition) is 1. The second-order valence-corrected chi connectivity index (χ2v) is 5.78. The summed E-state index contributed by atoms with van der Waals surface area (Å²) in [7, 11) is 1.96. The van der Waals surface area contributed by atoms with E-state index < -0.39 is 11.7 Å². The minimum Gasteiger partial charge on any atom is -0.314 e. The molecule has 5 heteroatoms. The van der Waals surface area contributed by atoms with Gasteiger partial charge in [-0.25, -0.2) is 0 Å². The molecule has 0 aromatic heterocycles. The fourth-order valence-corrected chi connectivity index (χ4v) is 2.56. The topological polar surface area (TPSA) is 15.3 Å². The molecular weight excluding hydrogens is 265 g/mol. The molecule has 1 saturated heterocycles. The molecule has 1 heterocycles. The van der Waals surface area contributed by atoms with E-state index in [2.05, 4.69) is 17.1 Å². The van der Waals surface area contributed by atoms with Gasteiger partial charge in [-0.2, -0.15) is 13.2 Å². The Labute approximate surface area is 118 Å². The zero-order valence-electron chi connectivity index (χ0n) is 11.9. The molecule has 20 heavy (non-hydrogen) atoms. The Balaban J connectivity index is 1.98. The van der Waals surface area contributed by atoms with E-state index in [9.17, 15) is 13.2 Å². The van der Waals surface area contributed by atoms with Crippen LogP contribution in [-0.2, 0) is 12.7 Å². The standard InChI is InChI=1S/C15H21F3N2/c1-14(19-2)6-8-20(9-7-14)11-12-4-3-5-13(10-12)15(16,17)18/h3-5,10,19H,6-9,11H2,1-2H3. The maximum absolute atomic E-state index is 12.7. The zero-order valence-corrected chi connectivity index (χ0v) is 11.9. The Hall–Kier alpha value is -1.07. The van der Waals surface area contributed by atoms with Gasteiger partial charge in [0.2, 0.25) is 0 Å². The van der Waals surface area contributed by atoms with E-state index in [1.165, 1.54) is 12.1 Å². The lowest BCUT2D eigenvalue weighted by atomic mass is 9.90. The smallest absolute Gasteiger partial charge is 0.314 e. The second-order valence-electron chi connectivity index (χ2n) is 5.78. The molecule has 0 atom stereocenters. The van der Waals surface area contributed by atoms with E-state index in [1.54, 1.807) is 6.07 Å². The average molecular weight is 286 g/mol. The Morgan fingerprint density at radius 1 is 1.25 bits per heavy atom. The molecule has 112 valence electrons.